The van der Waals surface area contributed by atoms with Crippen molar-refractivity contribution in [3.8, 4) is 10.6 Å². The molecule has 0 saturated heterocycles. The van der Waals surface area contributed by atoms with Crippen LogP contribution in [0.1, 0.15) is 25.0 Å². The third kappa shape index (κ3) is 4.71. The molecule has 0 unspecified atom stereocenters. The van der Waals surface area contributed by atoms with Gasteiger partial charge in [0.05, 0.1) is 0 Å². The highest BCUT2D eigenvalue weighted by atomic mass is 32.1. The lowest BCUT2D eigenvalue weighted by Gasteiger charge is -2.27. The van der Waals surface area contributed by atoms with Gasteiger partial charge in [0.2, 0.25) is 0 Å². The van der Waals surface area contributed by atoms with Crippen molar-refractivity contribution in [1.82, 2.24) is 9.88 Å². The van der Waals surface area contributed by atoms with E-state index in [1.165, 1.54) is 6.07 Å². The minimum absolute atomic E-state index is 0.0104. The Morgan fingerprint density at radius 3 is 2.74 bits per heavy atom. The number of urea groups is 1. The topological polar surface area (TPSA) is 45.2 Å². The van der Waals surface area contributed by atoms with Gasteiger partial charge in [-0.2, -0.15) is 0 Å². The molecule has 1 N–H and O–H groups in total. The summed E-state index contributed by atoms with van der Waals surface area (Å²) in [5.74, 6) is -0.333. The molecule has 0 saturated carbocycles. The summed E-state index contributed by atoms with van der Waals surface area (Å²) in [6.45, 7) is 6.06. The Kier molecular flexibility index (Phi) is 5.86. The van der Waals surface area contributed by atoms with E-state index in [1.807, 2.05) is 43.5 Å². The smallest absolute Gasteiger partial charge is 0.318 e. The summed E-state index contributed by atoms with van der Waals surface area (Å²) < 4.78 is 13.7. The van der Waals surface area contributed by atoms with E-state index >= 15 is 0 Å². The van der Waals surface area contributed by atoms with E-state index in [2.05, 4.69) is 10.3 Å². The molecule has 0 bridgehead atoms. The molecule has 27 heavy (non-hydrogen) atoms. The second kappa shape index (κ2) is 8.31. The Hall–Kier alpha value is -2.73. The molecule has 2 aromatic carbocycles. The number of hydrogen-bond donors (Lipinski definition) is 1. The summed E-state index contributed by atoms with van der Waals surface area (Å²) in [4.78, 5) is 18.8. The number of nitrogens with one attached hydrogen (secondary N) is 1. The molecule has 140 valence electrons. The van der Waals surface area contributed by atoms with Gasteiger partial charge in [-0.05, 0) is 50.1 Å². The van der Waals surface area contributed by atoms with Gasteiger partial charge < -0.3 is 10.2 Å². The van der Waals surface area contributed by atoms with E-state index in [9.17, 15) is 9.18 Å². The van der Waals surface area contributed by atoms with Crippen LogP contribution in [0, 0.1) is 12.7 Å². The van der Waals surface area contributed by atoms with E-state index in [0.717, 1.165) is 16.1 Å². The molecule has 0 aliphatic carbocycles. The number of anilines is 1. The number of thiazole rings is 1. The number of amides is 2. The fourth-order valence-corrected chi connectivity index (χ4v) is 3.36. The molecule has 1 aromatic heterocycles. The monoisotopic (exact) mass is 383 g/mol. The van der Waals surface area contributed by atoms with Gasteiger partial charge in [0, 0.05) is 35.4 Å². The fourth-order valence-electron chi connectivity index (χ4n) is 2.72. The molecule has 0 aliphatic heterocycles. The van der Waals surface area contributed by atoms with Gasteiger partial charge in [0.1, 0.15) is 10.8 Å². The summed E-state index contributed by atoms with van der Waals surface area (Å²) >= 11 is 1.58. The number of benzene rings is 2. The van der Waals surface area contributed by atoms with Gasteiger partial charge in [-0.3, -0.25) is 0 Å². The number of halogens is 1. The second-order valence-electron chi connectivity index (χ2n) is 6.65. The van der Waals surface area contributed by atoms with Crippen LogP contribution in [-0.2, 0) is 6.54 Å². The fraction of sp³-hybridized carbons (Fsp3) is 0.238. The molecule has 0 aliphatic rings. The predicted molar refractivity (Wildman–Crippen MR) is 108 cm³/mol. The zero-order valence-electron chi connectivity index (χ0n) is 15.6. The third-order valence-corrected chi connectivity index (χ3v) is 5.09. The van der Waals surface area contributed by atoms with Crippen LogP contribution in [-0.4, -0.2) is 22.0 Å². The average molecular weight is 383 g/mol. The molecule has 0 radical (unpaired) electrons. The average Bonchev–Trinajstić information content (AvgIpc) is 3.17. The van der Waals surface area contributed by atoms with Crippen molar-refractivity contribution in [2.75, 3.05) is 5.32 Å². The first-order valence-corrected chi connectivity index (χ1v) is 9.64. The maximum Gasteiger partial charge on any atom is 0.322 e. The minimum Gasteiger partial charge on any atom is -0.318 e. The van der Waals surface area contributed by atoms with Crippen molar-refractivity contribution in [3.05, 3.63) is 71.0 Å². The Labute approximate surface area is 162 Å². The van der Waals surface area contributed by atoms with Gasteiger partial charge in [0.25, 0.3) is 0 Å². The van der Waals surface area contributed by atoms with Gasteiger partial charge in [-0.15, -0.1) is 11.3 Å². The van der Waals surface area contributed by atoms with E-state index in [4.69, 9.17) is 0 Å². The first-order chi connectivity index (χ1) is 12.9. The highest BCUT2D eigenvalue weighted by Gasteiger charge is 2.18. The third-order valence-electron chi connectivity index (χ3n) is 4.27. The second-order valence-corrected chi connectivity index (χ2v) is 7.55. The molecule has 2 amide bonds. The van der Waals surface area contributed by atoms with Gasteiger partial charge in [-0.1, -0.05) is 24.3 Å². The minimum atomic E-state index is -0.333. The largest absolute Gasteiger partial charge is 0.322 e. The zero-order valence-corrected chi connectivity index (χ0v) is 16.4. The maximum atomic E-state index is 13.7. The lowest BCUT2D eigenvalue weighted by Crippen LogP contribution is -2.39. The highest BCUT2D eigenvalue weighted by Crippen LogP contribution is 2.23. The molecule has 6 heteroatoms. The van der Waals surface area contributed by atoms with Crippen LogP contribution in [0.4, 0.5) is 14.9 Å². The lowest BCUT2D eigenvalue weighted by molar-refractivity contribution is 0.193. The Morgan fingerprint density at radius 1 is 1.26 bits per heavy atom. The van der Waals surface area contributed by atoms with Gasteiger partial charge >= 0.3 is 6.03 Å². The number of carbonyl (C=O) groups excluding carboxylic acids is 1. The van der Waals surface area contributed by atoms with Crippen molar-refractivity contribution < 1.29 is 9.18 Å². The number of aryl methyl sites for hydroxylation is 1. The standard InChI is InChI=1S/C21H22FN3OS/c1-14(2)25(21(26)24-18-8-7-15(3)19(22)12-18)13-16-5-4-6-17(11-16)20-23-9-10-27-20/h4-12,14H,13H2,1-3H3,(H,24,26). The van der Waals surface area contributed by atoms with Gasteiger partial charge in [-0.25, -0.2) is 14.2 Å². The van der Waals surface area contributed by atoms with Crippen molar-refractivity contribution in [1.29, 1.82) is 0 Å². The summed E-state index contributed by atoms with van der Waals surface area (Å²) in [5, 5.41) is 5.68. The molecular weight excluding hydrogens is 361 g/mol. The normalized spacial score (nSPS) is 10.9. The summed E-state index contributed by atoms with van der Waals surface area (Å²) in [5.41, 5.74) is 3.05. The molecule has 4 nitrogen and oxygen atoms in total. The molecule has 0 fully saturated rings. The molecule has 0 atom stereocenters. The number of hydrogen-bond acceptors (Lipinski definition) is 3. The summed E-state index contributed by atoms with van der Waals surface area (Å²) in [6, 6.07) is 12.5. The van der Waals surface area contributed by atoms with Crippen LogP contribution in [0.2, 0.25) is 0 Å². The number of aromatic nitrogens is 1. The maximum absolute atomic E-state index is 13.7. The van der Waals surface area contributed by atoms with Crippen molar-refractivity contribution in [3.63, 3.8) is 0 Å². The number of carbonyl (C=O) groups is 1. The molecule has 0 spiro atoms. The van der Waals surface area contributed by atoms with Crippen molar-refractivity contribution >= 4 is 23.1 Å². The van der Waals surface area contributed by atoms with E-state index in [1.54, 1.807) is 41.5 Å². The highest BCUT2D eigenvalue weighted by molar-refractivity contribution is 7.13. The predicted octanol–water partition coefficient (Wildman–Crippen LogP) is 5.70. The van der Waals surface area contributed by atoms with Crippen molar-refractivity contribution in [2.45, 2.75) is 33.4 Å². The zero-order chi connectivity index (χ0) is 19.4. The van der Waals surface area contributed by atoms with Crippen LogP contribution in [0.5, 0.6) is 0 Å². The van der Waals surface area contributed by atoms with Crippen LogP contribution in [0.25, 0.3) is 10.6 Å². The van der Waals surface area contributed by atoms with Gasteiger partial charge in [0.15, 0.2) is 0 Å². The Morgan fingerprint density at radius 2 is 2.07 bits per heavy atom. The van der Waals surface area contributed by atoms with E-state index < -0.39 is 0 Å². The van der Waals surface area contributed by atoms with Crippen LogP contribution in [0.15, 0.2) is 54.0 Å². The first kappa shape index (κ1) is 19.0. The van der Waals surface area contributed by atoms with Crippen LogP contribution in [0.3, 0.4) is 0 Å². The molecule has 3 rings (SSSR count). The molecular formula is C21H22FN3OS. The lowest BCUT2D eigenvalue weighted by atomic mass is 10.1. The van der Waals surface area contributed by atoms with Crippen molar-refractivity contribution in [2.24, 2.45) is 0 Å². The quantitative estimate of drug-likeness (QED) is 0.614. The van der Waals surface area contributed by atoms with Crippen LogP contribution >= 0.6 is 11.3 Å². The van der Waals surface area contributed by atoms with Crippen LogP contribution < -0.4 is 5.32 Å². The number of nitrogens with zero attached hydrogens (tertiary/aromatic N) is 2. The van der Waals surface area contributed by atoms with E-state index in [0.29, 0.717) is 17.8 Å². The van der Waals surface area contributed by atoms with E-state index in [-0.39, 0.29) is 17.9 Å². The molecule has 3 aromatic rings. The number of rotatable bonds is 5. The summed E-state index contributed by atoms with van der Waals surface area (Å²) in [7, 11) is 0. The first-order valence-electron chi connectivity index (χ1n) is 8.76. The molecule has 1 heterocycles. The SMILES string of the molecule is Cc1ccc(NC(=O)N(Cc2cccc(-c3nccs3)c2)C(C)C)cc1F. The Balaban J connectivity index is 1.76. The Bertz CT molecular complexity index is 925. The summed E-state index contributed by atoms with van der Waals surface area (Å²) in [6.07, 6.45) is 1.78.